The van der Waals surface area contributed by atoms with Crippen molar-refractivity contribution in [1.82, 2.24) is 0 Å². The first-order chi connectivity index (χ1) is 10.0. The van der Waals surface area contributed by atoms with E-state index in [1.54, 1.807) is 25.1 Å². The molecule has 21 heavy (non-hydrogen) atoms. The highest BCUT2D eigenvalue weighted by atomic mass is 19.2. The minimum absolute atomic E-state index is 0.0596. The van der Waals surface area contributed by atoms with E-state index in [1.165, 1.54) is 13.2 Å². The third kappa shape index (κ3) is 3.70. The number of benzene rings is 2. The number of rotatable bonds is 5. The van der Waals surface area contributed by atoms with Gasteiger partial charge in [-0.05, 0) is 36.8 Å². The zero-order valence-electron chi connectivity index (χ0n) is 11.8. The van der Waals surface area contributed by atoms with Gasteiger partial charge in [0.2, 0.25) is 0 Å². The van der Waals surface area contributed by atoms with Crippen LogP contribution in [-0.2, 0) is 6.61 Å². The lowest BCUT2D eigenvalue weighted by atomic mass is 10.1. The molecule has 0 bridgehead atoms. The molecular formula is C16H16F2O3. The van der Waals surface area contributed by atoms with Crippen molar-refractivity contribution in [3.8, 4) is 11.5 Å². The maximum atomic E-state index is 13.1. The largest absolute Gasteiger partial charge is 0.497 e. The highest BCUT2D eigenvalue weighted by Gasteiger charge is 2.11. The number of hydrogen-bond donors (Lipinski definition) is 1. The number of aliphatic hydroxyl groups excluding tert-OH is 1. The quantitative estimate of drug-likeness (QED) is 0.915. The molecule has 112 valence electrons. The van der Waals surface area contributed by atoms with Gasteiger partial charge in [-0.3, -0.25) is 0 Å². The van der Waals surface area contributed by atoms with E-state index in [9.17, 15) is 13.9 Å². The topological polar surface area (TPSA) is 38.7 Å². The van der Waals surface area contributed by atoms with Crippen LogP contribution in [0.15, 0.2) is 36.4 Å². The molecule has 0 fully saturated rings. The average Bonchev–Trinajstić information content (AvgIpc) is 2.48. The standard InChI is InChI=1S/C16H16F2O3/c1-10(19)13-5-4-12(20-2)8-16(13)21-9-11-3-6-14(17)15(18)7-11/h3-8,10,19H,9H2,1-2H3/t10-/m0/s1. The van der Waals surface area contributed by atoms with Crippen LogP contribution in [0.1, 0.15) is 24.2 Å². The zero-order chi connectivity index (χ0) is 15.4. The molecular weight excluding hydrogens is 278 g/mol. The fourth-order valence-corrected chi connectivity index (χ4v) is 1.90. The van der Waals surface area contributed by atoms with Gasteiger partial charge in [0.1, 0.15) is 18.1 Å². The molecule has 2 aromatic rings. The van der Waals surface area contributed by atoms with Gasteiger partial charge in [0, 0.05) is 11.6 Å². The van der Waals surface area contributed by atoms with E-state index in [2.05, 4.69) is 0 Å². The number of hydrogen-bond acceptors (Lipinski definition) is 3. The molecule has 0 saturated carbocycles. The number of aliphatic hydroxyl groups is 1. The number of methoxy groups -OCH3 is 1. The van der Waals surface area contributed by atoms with Gasteiger partial charge in [0.15, 0.2) is 11.6 Å². The van der Waals surface area contributed by atoms with Crippen molar-refractivity contribution in [3.63, 3.8) is 0 Å². The summed E-state index contributed by atoms with van der Waals surface area (Å²) in [5.74, 6) is -0.795. The molecule has 5 heteroatoms. The summed E-state index contributed by atoms with van der Waals surface area (Å²) in [6.07, 6.45) is -0.712. The molecule has 1 atom stereocenters. The summed E-state index contributed by atoms with van der Waals surface area (Å²) in [4.78, 5) is 0. The van der Waals surface area contributed by atoms with Crippen LogP contribution in [0.3, 0.4) is 0 Å². The zero-order valence-corrected chi connectivity index (χ0v) is 11.8. The van der Waals surface area contributed by atoms with Gasteiger partial charge in [-0.15, -0.1) is 0 Å². The van der Waals surface area contributed by atoms with E-state index in [4.69, 9.17) is 9.47 Å². The predicted molar refractivity (Wildman–Crippen MR) is 74.3 cm³/mol. The Morgan fingerprint density at radius 2 is 1.86 bits per heavy atom. The van der Waals surface area contributed by atoms with E-state index < -0.39 is 17.7 Å². The lowest BCUT2D eigenvalue weighted by molar-refractivity contribution is 0.189. The Balaban J connectivity index is 2.19. The Labute approximate surface area is 121 Å². The van der Waals surface area contributed by atoms with Gasteiger partial charge in [-0.1, -0.05) is 6.07 Å². The molecule has 1 N–H and O–H groups in total. The van der Waals surface area contributed by atoms with Gasteiger partial charge < -0.3 is 14.6 Å². The van der Waals surface area contributed by atoms with E-state index in [-0.39, 0.29) is 6.61 Å². The van der Waals surface area contributed by atoms with Crippen LogP contribution in [0.5, 0.6) is 11.5 Å². The molecule has 0 amide bonds. The van der Waals surface area contributed by atoms with Crippen LogP contribution in [0, 0.1) is 11.6 Å². The molecule has 0 aliphatic heterocycles. The predicted octanol–water partition coefficient (Wildman–Crippen LogP) is 3.61. The maximum Gasteiger partial charge on any atom is 0.159 e. The lowest BCUT2D eigenvalue weighted by Gasteiger charge is -2.15. The Morgan fingerprint density at radius 1 is 1.10 bits per heavy atom. The van der Waals surface area contributed by atoms with E-state index in [0.29, 0.717) is 22.6 Å². The van der Waals surface area contributed by atoms with Crippen LogP contribution in [0.2, 0.25) is 0 Å². The second kappa shape index (κ2) is 6.54. The first kappa shape index (κ1) is 15.3. The molecule has 0 aliphatic carbocycles. The molecule has 0 aromatic heterocycles. The summed E-state index contributed by atoms with van der Waals surface area (Å²) < 4.78 is 36.7. The van der Waals surface area contributed by atoms with Gasteiger partial charge in [0.25, 0.3) is 0 Å². The minimum atomic E-state index is -0.919. The van der Waals surface area contributed by atoms with Crippen molar-refractivity contribution in [2.45, 2.75) is 19.6 Å². The monoisotopic (exact) mass is 294 g/mol. The highest BCUT2D eigenvalue weighted by Crippen LogP contribution is 2.30. The molecule has 0 spiro atoms. The van der Waals surface area contributed by atoms with E-state index in [1.807, 2.05) is 0 Å². The van der Waals surface area contributed by atoms with Gasteiger partial charge in [0.05, 0.1) is 13.2 Å². The molecule has 0 aliphatic rings. The molecule has 0 unspecified atom stereocenters. The van der Waals surface area contributed by atoms with Crippen LogP contribution in [-0.4, -0.2) is 12.2 Å². The van der Waals surface area contributed by atoms with Crippen molar-refractivity contribution >= 4 is 0 Å². The van der Waals surface area contributed by atoms with E-state index in [0.717, 1.165) is 12.1 Å². The third-order valence-corrected chi connectivity index (χ3v) is 3.05. The first-order valence-electron chi connectivity index (χ1n) is 6.44. The first-order valence-corrected chi connectivity index (χ1v) is 6.44. The third-order valence-electron chi connectivity index (χ3n) is 3.05. The Hall–Kier alpha value is -2.14. The number of halogens is 2. The summed E-state index contributed by atoms with van der Waals surface area (Å²) in [6.45, 7) is 1.68. The molecule has 2 aromatic carbocycles. The summed E-state index contributed by atoms with van der Waals surface area (Å²) in [6, 6.07) is 8.63. The Kier molecular flexibility index (Phi) is 4.75. The minimum Gasteiger partial charge on any atom is -0.497 e. The Morgan fingerprint density at radius 3 is 2.48 bits per heavy atom. The maximum absolute atomic E-state index is 13.1. The molecule has 0 heterocycles. The van der Waals surface area contributed by atoms with Crippen LogP contribution in [0.4, 0.5) is 8.78 Å². The van der Waals surface area contributed by atoms with Gasteiger partial charge in [-0.2, -0.15) is 0 Å². The second-order valence-electron chi connectivity index (χ2n) is 4.62. The Bertz CT molecular complexity index is 627. The van der Waals surface area contributed by atoms with Crippen LogP contribution in [0.25, 0.3) is 0 Å². The SMILES string of the molecule is COc1ccc([C@H](C)O)c(OCc2ccc(F)c(F)c2)c1. The normalized spacial score (nSPS) is 12.0. The average molecular weight is 294 g/mol. The van der Waals surface area contributed by atoms with Crippen molar-refractivity contribution in [2.75, 3.05) is 7.11 Å². The van der Waals surface area contributed by atoms with Crippen molar-refractivity contribution in [2.24, 2.45) is 0 Å². The van der Waals surface area contributed by atoms with Crippen molar-refractivity contribution in [3.05, 3.63) is 59.2 Å². The van der Waals surface area contributed by atoms with Crippen LogP contribution < -0.4 is 9.47 Å². The van der Waals surface area contributed by atoms with Gasteiger partial charge in [-0.25, -0.2) is 8.78 Å². The number of ether oxygens (including phenoxy) is 2. The van der Waals surface area contributed by atoms with Gasteiger partial charge >= 0.3 is 0 Å². The fourth-order valence-electron chi connectivity index (χ4n) is 1.90. The molecule has 3 nitrogen and oxygen atoms in total. The molecule has 0 radical (unpaired) electrons. The summed E-state index contributed by atoms with van der Waals surface area (Å²) >= 11 is 0. The lowest BCUT2D eigenvalue weighted by Crippen LogP contribution is -2.02. The molecule has 2 rings (SSSR count). The summed E-state index contributed by atoms with van der Waals surface area (Å²) in [7, 11) is 1.52. The fraction of sp³-hybridized carbons (Fsp3) is 0.250. The van der Waals surface area contributed by atoms with Crippen molar-refractivity contribution in [1.29, 1.82) is 0 Å². The molecule has 0 saturated heterocycles. The second-order valence-corrected chi connectivity index (χ2v) is 4.62. The summed E-state index contributed by atoms with van der Waals surface area (Å²) in [5.41, 5.74) is 1.09. The van der Waals surface area contributed by atoms with Crippen molar-refractivity contribution < 1.29 is 23.4 Å². The highest BCUT2D eigenvalue weighted by molar-refractivity contribution is 5.42. The summed E-state index contributed by atoms with van der Waals surface area (Å²) in [5, 5.41) is 9.72. The smallest absolute Gasteiger partial charge is 0.159 e. The van der Waals surface area contributed by atoms with Crippen LogP contribution >= 0.6 is 0 Å². The van der Waals surface area contributed by atoms with E-state index >= 15 is 0 Å².